The predicted molar refractivity (Wildman–Crippen MR) is 88.7 cm³/mol. The van der Waals surface area contributed by atoms with Crippen LogP contribution in [0.2, 0.25) is 0 Å². The van der Waals surface area contributed by atoms with E-state index in [4.69, 9.17) is 10.5 Å². The maximum atomic E-state index is 14.9. The van der Waals surface area contributed by atoms with E-state index in [-0.39, 0.29) is 54.3 Å². The quantitative estimate of drug-likeness (QED) is 0.777. The first-order valence-electron chi connectivity index (χ1n) is 8.84. The van der Waals surface area contributed by atoms with Gasteiger partial charge in [0.05, 0.1) is 6.54 Å². The van der Waals surface area contributed by atoms with Gasteiger partial charge in [-0.15, -0.1) is 0 Å². The number of imide groups is 1. The first kappa shape index (κ1) is 17.0. The van der Waals surface area contributed by atoms with E-state index in [1.165, 1.54) is 17.0 Å². The molecule has 1 saturated heterocycles. The van der Waals surface area contributed by atoms with E-state index < -0.39 is 23.7 Å². The van der Waals surface area contributed by atoms with Crippen molar-refractivity contribution in [2.75, 3.05) is 0 Å². The monoisotopic (exact) mass is 361 g/mol. The van der Waals surface area contributed by atoms with Gasteiger partial charge in [-0.1, -0.05) is 0 Å². The third-order valence-electron chi connectivity index (χ3n) is 5.40. The predicted octanol–water partition coefficient (Wildman–Crippen LogP) is 0.845. The number of nitrogens with two attached hydrogens (primary N) is 1. The van der Waals surface area contributed by atoms with Crippen molar-refractivity contribution < 1.29 is 23.5 Å². The van der Waals surface area contributed by atoms with E-state index in [0.717, 1.165) is 19.3 Å². The molecule has 3 amide bonds. The molecule has 2 heterocycles. The van der Waals surface area contributed by atoms with Crippen molar-refractivity contribution >= 4 is 17.7 Å². The molecular formula is C18H20FN3O4. The number of nitrogens with one attached hydrogen (secondary N) is 1. The van der Waals surface area contributed by atoms with Crippen molar-refractivity contribution in [2.45, 2.75) is 56.8 Å². The van der Waals surface area contributed by atoms with Crippen molar-refractivity contribution in [2.24, 2.45) is 5.73 Å². The molecule has 0 aromatic heterocycles. The molecule has 7 nitrogen and oxygen atoms in total. The Bertz CT molecular complexity index is 797. The second-order valence-corrected chi connectivity index (χ2v) is 7.05. The molecule has 1 unspecified atom stereocenters. The number of nitrogens with zero attached hydrogens (tertiary/aromatic N) is 1. The number of amides is 3. The highest BCUT2D eigenvalue weighted by Gasteiger charge is 2.41. The molecule has 3 N–H and O–H groups in total. The summed E-state index contributed by atoms with van der Waals surface area (Å²) in [5.41, 5.74) is 6.43. The molecule has 0 radical (unpaired) electrons. The molecule has 3 aliphatic rings. The third kappa shape index (κ3) is 2.74. The Kier molecular flexibility index (Phi) is 4.14. The van der Waals surface area contributed by atoms with E-state index in [0.29, 0.717) is 0 Å². The summed E-state index contributed by atoms with van der Waals surface area (Å²) in [5.74, 6) is -1.77. The van der Waals surface area contributed by atoms with E-state index in [9.17, 15) is 18.8 Å². The Balaban J connectivity index is 1.57. The number of halogens is 1. The van der Waals surface area contributed by atoms with Crippen molar-refractivity contribution in [3.05, 3.63) is 29.1 Å². The molecule has 8 heteroatoms. The van der Waals surface area contributed by atoms with Crippen LogP contribution in [0.1, 0.15) is 48.0 Å². The van der Waals surface area contributed by atoms with Crippen LogP contribution in [0.5, 0.6) is 5.75 Å². The van der Waals surface area contributed by atoms with Crippen LogP contribution in [-0.4, -0.2) is 40.8 Å². The van der Waals surface area contributed by atoms with Gasteiger partial charge in [-0.05, 0) is 37.8 Å². The molecule has 138 valence electrons. The normalized spacial score (nSPS) is 28.3. The van der Waals surface area contributed by atoms with Gasteiger partial charge < -0.3 is 15.4 Å². The topological polar surface area (TPSA) is 102 Å². The van der Waals surface area contributed by atoms with Gasteiger partial charge in [0.1, 0.15) is 12.1 Å². The summed E-state index contributed by atoms with van der Waals surface area (Å²) >= 11 is 0. The minimum absolute atomic E-state index is 0.0137. The SMILES string of the molecule is N[C@H]1CCC[C@@H]1Oc1ccc2c(c1F)CN(C1CCC(=O)NC1=O)C2=O. The van der Waals surface area contributed by atoms with E-state index in [1.54, 1.807) is 0 Å². The highest BCUT2D eigenvalue weighted by Crippen LogP contribution is 2.34. The summed E-state index contributed by atoms with van der Waals surface area (Å²) in [7, 11) is 0. The van der Waals surface area contributed by atoms with Crippen LogP contribution in [0.3, 0.4) is 0 Å². The van der Waals surface area contributed by atoms with Gasteiger partial charge in [-0.3, -0.25) is 19.7 Å². The highest BCUT2D eigenvalue weighted by atomic mass is 19.1. The zero-order valence-electron chi connectivity index (χ0n) is 14.2. The van der Waals surface area contributed by atoms with Gasteiger partial charge in [0.15, 0.2) is 11.6 Å². The average molecular weight is 361 g/mol. The lowest BCUT2D eigenvalue weighted by molar-refractivity contribution is -0.136. The minimum Gasteiger partial charge on any atom is -0.486 e. The molecule has 3 atom stereocenters. The second-order valence-electron chi connectivity index (χ2n) is 7.05. The lowest BCUT2D eigenvalue weighted by Gasteiger charge is -2.29. The summed E-state index contributed by atoms with van der Waals surface area (Å²) in [6.07, 6.45) is 2.74. The fourth-order valence-electron chi connectivity index (χ4n) is 3.94. The minimum atomic E-state index is -0.764. The van der Waals surface area contributed by atoms with Gasteiger partial charge in [0.2, 0.25) is 11.8 Å². The number of carbonyl (C=O) groups excluding carboxylic acids is 3. The summed E-state index contributed by atoms with van der Waals surface area (Å²) in [6, 6.07) is 2.09. The van der Waals surface area contributed by atoms with Crippen LogP contribution in [0.4, 0.5) is 4.39 Å². The van der Waals surface area contributed by atoms with Crippen LogP contribution >= 0.6 is 0 Å². The fraction of sp³-hybridized carbons (Fsp3) is 0.500. The molecule has 0 spiro atoms. The van der Waals surface area contributed by atoms with Crippen LogP contribution in [-0.2, 0) is 16.1 Å². The number of piperidine rings is 1. The van der Waals surface area contributed by atoms with Gasteiger partial charge in [0.25, 0.3) is 5.91 Å². The zero-order chi connectivity index (χ0) is 18.4. The number of hydrogen-bond donors (Lipinski definition) is 2. The Labute approximate surface area is 149 Å². The van der Waals surface area contributed by atoms with Gasteiger partial charge in [-0.25, -0.2) is 4.39 Å². The maximum absolute atomic E-state index is 14.9. The maximum Gasteiger partial charge on any atom is 0.255 e. The molecule has 2 aliphatic heterocycles. The molecule has 1 aliphatic carbocycles. The van der Waals surface area contributed by atoms with Crippen molar-refractivity contribution in [3.63, 3.8) is 0 Å². The first-order valence-corrected chi connectivity index (χ1v) is 8.84. The van der Waals surface area contributed by atoms with E-state index in [2.05, 4.69) is 5.32 Å². The third-order valence-corrected chi connectivity index (χ3v) is 5.40. The summed E-state index contributed by atoms with van der Waals surface area (Å²) in [5, 5.41) is 2.23. The Morgan fingerprint density at radius 2 is 2.00 bits per heavy atom. The lowest BCUT2D eigenvalue weighted by Crippen LogP contribution is -2.52. The largest absolute Gasteiger partial charge is 0.486 e. The van der Waals surface area contributed by atoms with Crippen LogP contribution in [0, 0.1) is 5.82 Å². The molecule has 26 heavy (non-hydrogen) atoms. The number of benzene rings is 1. The lowest BCUT2D eigenvalue weighted by atomic mass is 10.0. The molecule has 0 bridgehead atoms. The van der Waals surface area contributed by atoms with Gasteiger partial charge in [-0.2, -0.15) is 0 Å². The van der Waals surface area contributed by atoms with Gasteiger partial charge in [0, 0.05) is 23.6 Å². The molecule has 1 aromatic rings. The van der Waals surface area contributed by atoms with Crippen molar-refractivity contribution in [1.29, 1.82) is 0 Å². The summed E-state index contributed by atoms with van der Waals surface area (Å²) in [6.45, 7) is -0.0137. The Morgan fingerprint density at radius 1 is 1.19 bits per heavy atom. The molecule has 4 rings (SSSR count). The fourth-order valence-corrected chi connectivity index (χ4v) is 3.94. The summed E-state index contributed by atoms with van der Waals surface area (Å²) in [4.78, 5) is 37.3. The molecular weight excluding hydrogens is 341 g/mol. The van der Waals surface area contributed by atoms with Crippen molar-refractivity contribution in [1.82, 2.24) is 10.2 Å². The number of carbonyl (C=O) groups is 3. The standard InChI is InChI=1S/C18H20FN3O4/c19-16-10-8-22(12-5-7-15(23)21-17(12)24)18(25)9(10)4-6-14(16)26-13-3-1-2-11(13)20/h4,6,11-13H,1-3,5,7-8,20H2,(H,21,23,24)/t11-,12?,13-/m0/s1. The van der Waals surface area contributed by atoms with Crippen LogP contribution in [0.25, 0.3) is 0 Å². The molecule has 1 saturated carbocycles. The Hall–Kier alpha value is -2.48. The van der Waals surface area contributed by atoms with Gasteiger partial charge >= 0.3 is 0 Å². The number of hydrogen-bond acceptors (Lipinski definition) is 5. The van der Waals surface area contributed by atoms with Crippen molar-refractivity contribution in [3.8, 4) is 5.75 Å². The highest BCUT2D eigenvalue weighted by molar-refractivity contribution is 6.05. The average Bonchev–Trinajstić information content (AvgIpc) is 3.15. The second kappa shape index (κ2) is 6.35. The zero-order valence-corrected chi connectivity index (χ0v) is 14.2. The van der Waals surface area contributed by atoms with Crippen LogP contribution < -0.4 is 15.8 Å². The molecule has 2 fully saturated rings. The van der Waals surface area contributed by atoms with E-state index >= 15 is 0 Å². The Morgan fingerprint density at radius 3 is 2.69 bits per heavy atom. The molecule has 1 aromatic carbocycles. The van der Waals surface area contributed by atoms with E-state index in [1.807, 2.05) is 0 Å². The van der Waals surface area contributed by atoms with Crippen LogP contribution in [0.15, 0.2) is 12.1 Å². The number of rotatable bonds is 3. The smallest absolute Gasteiger partial charge is 0.255 e. The number of fused-ring (bicyclic) bond motifs is 1. The summed E-state index contributed by atoms with van der Waals surface area (Å²) < 4.78 is 20.7. The number of ether oxygens (including phenoxy) is 1. The first-order chi connectivity index (χ1) is 12.5.